The summed E-state index contributed by atoms with van der Waals surface area (Å²) < 4.78 is 10.2. The van der Waals surface area contributed by atoms with Gasteiger partial charge in [0, 0.05) is 10.6 Å². The number of hydrogen-bond donors (Lipinski definition) is 1. The van der Waals surface area contributed by atoms with Gasteiger partial charge >= 0.3 is 5.97 Å². The molecule has 0 unspecified atom stereocenters. The van der Waals surface area contributed by atoms with E-state index in [9.17, 15) is 9.59 Å². The molecule has 0 aromatic heterocycles. The third kappa shape index (κ3) is 4.91. The number of nitriles is 1. The summed E-state index contributed by atoms with van der Waals surface area (Å²) in [6.07, 6.45) is 1.91. The molecule has 0 saturated heterocycles. The third-order valence-corrected chi connectivity index (χ3v) is 4.37. The summed E-state index contributed by atoms with van der Waals surface area (Å²) >= 11 is 7.42. The summed E-state index contributed by atoms with van der Waals surface area (Å²) in [4.78, 5) is 25.0. The van der Waals surface area contributed by atoms with Crippen molar-refractivity contribution in [2.45, 2.75) is 4.90 Å². The van der Waals surface area contributed by atoms with E-state index in [2.05, 4.69) is 5.32 Å². The Morgan fingerprint density at radius 1 is 1.27 bits per heavy atom. The van der Waals surface area contributed by atoms with Crippen LogP contribution in [0.2, 0.25) is 5.02 Å². The average molecular weight is 391 g/mol. The average Bonchev–Trinajstić information content (AvgIpc) is 2.65. The molecule has 2 aromatic carbocycles. The van der Waals surface area contributed by atoms with Crippen LogP contribution in [-0.2, 0) is 9.53 Å². The van der Waals surface area contributed by atoms with Crippen molar-refractivity contribution >= 4 is 40.9 Å². The van der Waals surface area contributed by atoms with Crippen LogP contribution in [0, 0.1) is 11.3 Å². The molecule has 0 aliphatic rings. The predicted octanol–water partition coefficient (Wildman–Crippen LogP) is 3.74. The molecule has 26 heavy (non-hydrogen) atoms. The Morgan fingerprint density at radius 3 is 2.65 bits per heavy atom. The Morgan fingerprint density at radius 2 is 2.04 bits per heavy atom. The second-order valence-corrected chi connectivity index (χ2v) is 6.28. The Kier molecular flexibility index (Phi) is 6.89. The summed E-state index contributed by atoms with van der Waals surface area (Å²) in [5.41, 5.74) is 0.938. The number of nitrogens with one attached hydrogen (secondary N) is 1. The lowest BCUT2D eigenvalue weighted by Gasteiger charge is -2.10. The van der Waals surface area contributed by atoms with Crippen LogP contribution in [0.3, 0.4) is 0 Å². The maximum Gasteiger partial charge on any atom is 0.342 e. The summed E-state index contributed by atoms with van der Waals surface area (Å²) in [5.74, 6) is -0.817. The van der Waals surface area contributed by atoms with Crippen molar-refractivity contribution in [3.63, 3.8) is 0 Å². The second kappa shape index (κ2) is 9.13. The monoisotopic (exact) mass is 390 g/mol. The van der Waals surface area contributed by atoms with Gasteiger partial charge in [-0.2, -0.15) is 5.26 Å². The van der Waals surface area contributed by atoms with E-state index < -0.39 is 18.5 Å². The fraction of sp³-hybridized carbons (Fsp3) is 0.167. The van der Waals surface area contributed by atoms with Gasteiger partial charge in [-0.25, -0.2) is 4.79 Å². The minimum Gasteiger partial charge on any atom is -0.496 e. The molecule has 0 bridgehead atoms. The fourth-order valence-corrected chi connectivity index (χ4v) is 2.71. The topological polar surface area (TPSA) is 88.4 Å². The van der Waals surface area contributed by atoms with E-state index in [1.54, 1.807) is 18.2 Å². The van der Waals surface area contributed by atoms with E-state index in [0.29, 0.717) is 17.0 Å². The van der Waals surface area contributed by atoms with Gasteiger partial charge in [0.1, 0.15) is 17.4 Å². The molecule has 0 radical (unpaired) electrons. The molecule has 8 heteroatoms. The van der Waals surface area contributed by atoms with Gasteiger partial charge in [-0.1, -0.05) is 11.6 Å². The molecule has 0 atom stereocenters. The Bertz CT molecular complexity index is 880. The van der Waals surface area contributed by atoms with Crippen LogP contribution < -0.4 is 10.1 Å². The van der Waals surface area contributed by atoms with Gasteiger partial charge in [-0.05, 0) is 42.7 Å². The zero-order valence-corrected chi connectivity index (χ0v) is 15.6. The molecule has 2 aromatic rings. The molecular weight excluding hydrogens is 376 g/mol. The fourth-order valence-electron chi connectivity index (χ4n) is 2.06. The molecule has 2 rings (SSSR count). The van der Waals surface area contributed by atoms with Crippen LogP contribution in [0.15, 0.2) is 41.3 Å². The Hall–Kier alpha value is -2.69. The number of halogens is 1. The Balaban J connectivity index is 1.98. The van der Waals surface area contributed by atoms with E-state index in [0.717, 1.165) is 4.90 Å². The maximum absolute atomic E-state index is 12.2. The van der Waals surface area contributed by atoms with Crippen molar-refractivity contribution in [2.24, 2.45) is 0 Å². The first-order chi connectivity index (χ1) is 12.5. The van der Waals surface area contributed by atoms with Gasteiger partial charge in [-0.3, -0.25) is 4.79 Å². The summed E-state index contributed by atoms with van der Waals surface area (Å²) in [6.45, 7) is -0.468. The van der Waals surface area contributed by atoms with Gasteiger partial charge in [-0.15, -0.1) is 11.8 Å². The standard InChI is InChI=1S/C18H15ClN2O4S/c1-24-16-8-13(26-2)5-6-14(16)18(23)25-10-17(22)21-12-4-3-11(9-20)15(19)7-12/h3-8H,10H2,1-2H3,(H,21,22). The number of rotatable bonds is 6. The lowest BCUT2D eigenvalue weighted by molar-refractivity contribution is -0.119. The van der Waals surface area contributed by atoms with Crippen molar-refractivity contribution < 1.29 is 19.1 Å². The lowest BCUT2D eigenvalue weighted by atomic mass is 10.2. The van der Waals surface area contributed by atoms with E-state index in [1.165, 1.54) is 37.1 Å². The number of amides is 1. The van der Waals surface area contributed by atoms with E-state index >= 15 is 0 Å². The molecule has 0 aliphatic heterocycles. The number of carbonyl (C=O) groups is 2. The third-order valence-electron chi connectivity index (χ3n) is 3.34. The van der Waals surface area contributed by atoms with Crippen molar-refractivity contribution in [3.8, 4) is 11.8 Å². The number of thioether (sulfide) groups is 1. The van der Waals surface area contributed by atoms with Gasteiger partial charge in [0.2, 0.25) is 0 Å². The largest absolute Gasteiger partial charge is 0.496 e. The van der Waals surface area contributed by atoms with Crippen LogP contribution in [-0.4, -0.2) is 31.8 Å². The van der Waals surface area contributed by atoms with Crippen molar-refractivity contribution in [1.82, 2.24) is 0 Å². The normalized spacial score (nSPS) is 9.92. The first-order valence-corrected chi connectivity index (χ1v) is 8.97. The molecule has 0 fully saturated rings. The maximum atomic E-state index is 12.2. The molecule has 0 spiro atoms. The quantitative estimate of drug-likeness (QED) is 0.597. The number of nitrogens with zero attached hydrogens (tertiary/aromatic N) is 1. The van der Waals surface area contributed by atoms with Crippen molar-refractivity contribution in [1.29, 1.82) is 5.26 Å². The highest BCUT2D eigenvalue weighted by atomic mass is 35.5. The van der Waals surface area contributed by atoms with E-state index in [-0.39, 0.29) is 10.6 Å². The predicted molar refractivity (Wildman–Crippen MR) is 99.9 cm³/mol. The molecule has 1 amide bonds. The molecular formula is C18H15ClN2O4S. The smallest absolute Gasteiger partial charge is 0.342 e. The number of carbonyl (C=O) groups excluding carboxylic acids is 2. The van der Waals surface area contributed by atoms with Crippen LogP contribution in [0.4, 0.5) is 5.69 Å². The van der Waals surface area contributed by atoms with Crippen LogP contribution in [0.25, 0.3) is 0 Å². The molecule has 0 heterocycles. The number of methoxy groups -OCH3 is 1. The van der Waals surface area contributed by atoms with E-state index in [4.69, 9.17) is 26.3 Å². The lowest BCUT2D eigenvalue weighted by Crippen LogP contribution is -2.21. The number of hydrogen-bond acceptors (Lipinski definition) is 6. The number of anilines is 1. The second-order valence-electron chi connectivity index (χ2n) is 5.00. The highest BCUT2D eigenvalue weighted by molar-refractivity contribution is 7.98. The van der Waals surface area contributed by atoms with Crippen molar-refractivity contribution in [3.05, 3.63) is 52.5 Å². The molecule has 0 saturated carbocycles. The zero-order chi connectivity index (χ0) is 19.1. The van der Waals surface area contributed by atoms with Gasteiger partial charge in [0.05, 0.1) is 17.7 Å². The molecule has 1 N–H and O–H groups in total. The minimum absolute atomic E-state index is 0.223. The number of benzene rings is 2. The first kappa shape index (κ1) is 19.6. The van der Waals surface area contributed by atoms with Crippen LogP contribution >= 0.6 is 23.4 Å². The number of esters is 1. The van der Waals surface area contributed by atoms with Crippen LogP contribution in [0.5, 0.6) is 5.75 Å². The SMILES string of the molecule is COc1cc(SC)ccc1C(=O)OCC(=O)Nc1ccc(C#N)c(Cl)c1. The van der Waals surface area contributed by atoms with Crippen LogP contribution in [0.1, 0.15) is 15.9 Å². The first-order valence-electron chi connectivity index (χ1n) is 7.37. The highest BCUT2D eigenvalue weighted by Crippen LogP contribution is 2.26. The van der Waals surface area contributed by atoms with E-state index in [1.807, 2.05) is 12.3 Å². The summed E-state index contributed by atoms with van der Waals surface area (Å²) in [5, 5.41) is 11.6. The number of ether oxygens (including phenoxy) is 2. The highest BCUT2D eigenvalue weighted by Gasteiger charge is 2.16. The molecule has 134 valence electrons. The van der Waals surface area contributed by atoms with Gasteiger partial charge < -0.3 is 14.8 Å². The van der Waals surface area contributed by atoms with Gasteiger partial charge in [0.15, 0.2) is 6.61 Å². The molecule has 0 aliphatic carbocycles. The summed E-state index contributed by atoms with van der Waals surface area (Å²) in [7, 11) is 1.46. The van der Waals surface area contributed by atoms with Gasteiger partial charge in [0.25, 0.3) is 5.91 Å². The zero-order valence-electron chi connectivity index (χ0n) is 14.0. The Labute approximate surface area is 160 Å². The van der Waals surface area contributed by atoms with Crippen molar-refractivity contribution in [2.75, 3.05) is 25.3 Å². The molecule has 6 nitrogen and oxygen atoms in total. The minimum atomic E-state index is -0.664. The summed E-state index contributed by atoms with van der Waals surface area (Å²) in [6, 6.07) is 11.5.